The first-order valence-electron chi connectivity index (χ1n) is 6.05. The molecule has 0 unspecified atom stereocenters. The fourth-order valence-electron chi connectivity index (χ4n) is 1.77. The van der Waals surface area contributed by atoms with Crippen LogP contribution >= 0.6 is 15.9 Å². The van der Waals surface area contributed by atoms with Crippen LogP contribution in [0.3, 0.4) is 0 Å². The van der Waals surface area contributed by atoms with E-state index in [2.05, 4.69) is 15.9 Å². The third kappa shape index (κ3) is 4.50. The van der Waals surface area contributed by atoms with E-state index in [1.165, 1.54) is 0 Å². The van der Waals surface area contributed by atoms with Gasteiger partial charge in [-0.2, -0.15) is 0 Å². The second kappa shape index (κ2) is 5.93. The molecule has 0 bridgehead atoms. The van der Waals surface area contributed by atoms with Crippen molar-refractivity contribution in [2.24, 2.45) is 5.73 Å². The molecule has 3 nitrogen and oxygen atoms in total. The van der Waals surface area contributed by atoms with E-state index in [4.69, 9.17) is 15.2 Å². The number of ether oxygens (including phenoxy) is 2. The van der Waals surface area contributed by atoms with Crippen molar-refractivity contribution in [1.29, 1.82) is 0 Å². The molecular weight excluding hydrogens is 294 g/mol. The minimum atomic E-state index is -0.291. The van der Waals surface area contributed by atoms with E-state index >= 15 is 0 Å². The SMILES string of the molecule is COc1cc(Br)cc(CC(C)(C)N)c1OC(C)C. The van der Waals surface area contributed by atoms with E-state index in [1.54, 1.807) is 7.11 Å². The van der Waals surface area contributed by atoms with Gasteiger partial charge < -0.3 is 15.2 Å². The molecular formula is C14H22BrNO2. The second-order valence-corrected chi connectivity index (χ2v) is 6.34. The molecule has 0 atom stereocenters. The number of nitrogens with two attached hydrogens (primary N) is 1. The summed E-state index contributed by atoms with van der Waals surface area (Å²) < 4.78 is 12.2. The normalized spacial score (nSPS) is 11.8. The van der Waals surface area contributed by atoms with E-state index < -0.39 is 0 Å². The molecule has 0 amide bonds. The van der Waals surface area contributed by atoms with E-state index in [0.717, 1.165) is 28.0 Å². The molecule has 0 saturated heterocycles. The standard InChI is InChI=1S/C14H22BrNO2/c1-9(2)18-13-10(8-14(3,4)16)6-11(15)7-12(13)17-5/h6-7,9H,8,16H2,1-5H3. The molecule has 0 aromatic heterocycles. The lowest BCUT2D eigenvalue weighted by Crippen LogP contribution is -2.34. The van der Waals surface area contributed by atoms with Crippen molar-refractivity contribution in [2.45, 2.75) is 45.8 Å². The van der Waals surface area contributed by atoms with Gasteiger partial charge in [0.05, 0.1) is 13.2 Å². The lowest BCUT2D eigenvalue weighted by Gasteiger charge is -2.23. The van der Waals surface area contributed by atoms with Gasteiger partial charge in [0.2, 0.25) is 0 Å². The summed E-state index contributed by atoms with van der Waals surface area (Å²) in [6.07, 6.45) is 0.824. The van der Waals surface area contributed by atoms with Crippen LogP contribution in [0.4, 0.5) is 0 Å². The Morgan fingerprint density at radius 3 is 2.39 bits per heavy atom. The Hall–Kier alpha value is -0.740. The van der Waals surface area contributed by atoms with E-state index in [9.17, 15) is 0 Å². The van der Waals surface area contributed by atoms with E-state index in [1.807, 2.05) is 39.8 Å². The molecule has 0 saturated carbocycles. The van der Waals surface area contributed by atoms with Gasteiger partial charge in [-0.1, -0.05) is 15.9 Å². The van der Waals surface area contributed by atoms with Gasteiger partial charge in [0, 0.05) is 15.6 Å². The summed E-state index contributed by atoms with van der Waals surface area (Å²) in [6, 6.07) is 3.94. The quantitative estimate of drug-likeness (QED) is 0.904. The molecule has 0 fully saturated rings. The first kappa shape index (κ1) is 15.3. The van der Waals surface area contributed by atoms with Crippen LogP contribution in [0.5, 0.6) is 11.5 Å². The predicted molar refractivity (Wildman–Crippen MR) is 78.4 cm³/mol. The van der Waals surface area contributed by atoms with Crippen molar-refractivity contribution in [1.82, 2.24) is 0 Å². The van der Waals surface area contributed by atoms with Gasteiger partial charge in [0.25, 0.3) is 0 Å². The topological polar surface area (TPSA) is 44.5 Å². The zero-order chi connectivity index (χ0) is 13.9. The molecule has 1 aromatic carbocycles. The highest BCUT2D eigenvalue weighted by atomic mass is 79.9. The van der Waals surface area contributed by atoms with E-state index in [-0.39, 0.29) is 11.6 Å². The summed E-state index contributed by atoms with van der Waals surface area (Å²) >= 11 is 3.49. The Bertz CT molecular complexity index is 411. The highest BCUT2D eigenvalue weighted by Crippen LogP contribution is 2.37. The van der Waals surface area contributed by atoms with Gasteiger partial charge in [-0.15, -0.1) is 0 Å². The number of hydrogen-bond acceptors (Lipinski definition) is 3. The molecule has 0 spiro atoms. The summed E-state index contributed by atoms with van der Waals surface area (Å²) in [7, 11) is 1.65. The van der Waals surface area contributed by atoms with Crippen LogP contribution in [0.1, 0.15) is 33.3 Å². The highest BCUT2D eigenvalue weighted by Gasteiger charge is 2.19. The first-order chi connectivity index (χ1) is 8.23. The molecule has 0 heterocycles. The number of benzene rings is 1. The minimum Gasteiger partial charge on any atom is -0.493 e. The Balaban J connectivity index is 3.23. The Labute approximate surface area is 118 Å². The van der Waals surface area contributed by atoms with Gasteiger partial charge in [0.15, 0.2) is 11.5 Å². The summed E-state index contributed by atoms with van der Waals surface area (Å²) in [6.45, 7) is 8.00. The van der Waals surface area contributed by atoms with Crippen molar-refractivity contribution >= 4 is 15.9 Å². The van der Waals surface area contributed by atoms with Crippen molar-refractivity contribution in [3.8, 4) is 11.5 Å². The largest absolute Gasteiger partial charge is 0.493 e. The van der Waals surface area contributed by atoms with Crippen molar-refractivity contribution in [3.63, 3.8) is 0 Å². The zero-order valence-electron chi connectivity index (χ0n) is 11.7. The number of rotatable bonds is 5. The molecule has 4 heteroatoms. The Morgan fingerprint density at radius 1 is 1.33 bits per heavy atom. The van der Waals surface area contributed by atoms with Crippen LogP contribution < -0.4 is 15.2 Å². The van der Waals surface area contributed by atoms with Crippen LogP contribution in [0.2, 0.25) is 0 Å². The lowest BCUT2D eigenvalue weighted by molar-refractivity contribution is 0.226. The highest BCUT2D eigenvalue weighted by molar-refractivity contribution is 9.10. The number of methoxy groups -OCH3 is 1. The van der Waals surface area contributed by atoms with Gasteiger partial charge in [0.1, 0.15) is 0 Å². The number of halogens is 1. The zero-order valence-corrected chi connectivity index (χ0v) is 13.3. The Morgan fingerprint density at radius 2 is 1.94 bits per heavy atom. The second-order valence-electron chi connectivity index (χ2n) is 5.43. The van der Waals surface area contributed by atoms with Crippen molar-refractivity contribution in [3.05, 3.63) is 22.2 Å². The molecule has 0 radical (unpaired) electrons. The summed E-state index contributed by atoms with van der Waals surface area (Å²) in [5.41, 5.74) is 6.86. The first-order valence-corrected chi connectivity index (χ1v) is 6.84. The van der Waals surface area contributed by atoms with Gasteiger partial charge in [-0.25, -0.2) is 0 Å². The fourth-order valence-corrected chi connectivity index (χ4v) is 2.25. The van der Waals surface area contributed by atoms with Crippen molar-refractivity contribution < 1.29 is 9.47 Å². The lowest BCUT2D eigenvalue weighted by atomic mass is 9.95. The summed E-state index contributed by atoms with van der Waals surface area (Å²) in [4.78, 5) is 0. The average Bonchev–Trinajstić information content (AvgIpc) is 2.18. The molecule has 18 heavy (non-hydrogen) atoms. The maximum absolute atomic E-state index is 6.10. The maximum atomic E-state index is 6.10. The van der Waals surface area contributed by atoms with Crippen LogP contribution in [-0.2, 0) is 6.42 Å². The molecule has 1 rings (SSSR count). The van der Waals surface area contributed by atoms with Gasteiger partial charge in [-0.05, 0) is 46.2 Å². The number of hydrogen-bond donors (Lipinski definition) is 1. The third-order valence-electron chi connectivity index (χ3n) is 2.32. The van der Waals surface area contributed by atoms with Crippen molar-refractivity contribution in [2.75, 3.05) is 7.11 Å². The molecule has 2 N–H and O–H groups in total. The maximum Gasteiger partial charge on any atom is 0.164 e. The van der Waals surface area contributed by atoms with E-state index in [0.29, 0.717) is 0 Å². The summed E-state index contributed by atoms with van der Waals surface area (Å²) in [5, 5.41) is 0. The minimum absolute atomic E-state index is 0.0970. The third-order valence-corrected chi connectivity index (χ3v) is 2.77. The average molecular weight is 316 g/mol. The molecule has 0 aliphatic carbocycles. The smallest absolute Gasteiger partial charge is 0.164 e. The van der Waals surface area contributed by atoms with Gasteiger partial charge in [-0.3, -0.25) is 0 Å². The molecule has 102 valence electrons. The molecule has 0 aliphatic heterocycles. The predicted octanol–water partition coefficient (Wildman–Crippen LogP) is 3.52. The summed E-state index contributed by atoms with van der Waals surface area (Å²) in [5.74, 6) is 1.52. The van der Waals surface area contributed by atoms with Crippen LogP contribution in [-0.4, -0.2) is 18.8 Å². The van der Waals surface area contributed by atoms with Crippen LogP contribution in [0.15, 0.2) is 16.6 Å². The molecule has 0 aliphatic rings. The monoisotopic (exact) mass is 315 g/mol. The van der Waals surface area contributed by atoms with Gasteiger partial charge >= 0.3 is 0 Å². The van der Waals surface area contributed by atoms with Crippen LogP contribution in [0, 0.1) is 0 Å². The fraction of sp³-hybridized carbons (Fsp3) is 0.571. The Kier molecular flexibility index (Phi) is 5.05. The van der Waals surface area contributed by atoms with Crippen LogP contribution in [0.25, 0.3) is 0 Å². The molecule has 1 aromatic rings.